The molecule has 2 unspecified atom stereocenters. The highest BCUT2D eigenvalue weighted by molar-refractivity contribution is 7.92. The van der Waals surface area contributed by atoms with Gasteiger partial charge in [0.1, 0.15) is 10.7 Å². The second-order valence-electron chi connectivity index (χ2n) is 6.75. The number of ether oxygens (including phenoxy) is 1. The number of nitrogens with one attached hydrogen (secondary N) is 1. The van der Waals surface area contributed by atoms with Crippen molar-refractivity contribution in [1.29, 1.82) is 0 Å². The van der Waals surface area contributed by atoms with Gasteiger partial charge in [0.05, 0.1) is 11.8 Å². The maximum atomic E-state index is 13.0. The van der Waals surface area contributed by atoms with E-state index < -0.39 is 10.0 Å². The Morgan fingerprint density at radius 1 is 1.19 bits per heavy atom. The van der Waals surface area contributed by atoms with Crippen LogP contribution in [0.4, 0.5) is 11.5 Å². The molecule has 1 saturated carbocycles. The molecule has 0 bridgehead atoms. The van der Waals surface area contributed by atoms with Crippen LogP contribution < -0.4 is 9.62 Å². The summed E-state index contributed by atoms with van der Waals surface area (Å²) in [5.74, 6) is 0.693. The number of hydrogen-bond donors (Lipinski definition) is 1. The minimum Gasteiger partial charge on any atom is -0.381 e. The molecular formula is C20H27N3O3S. The molecule has 146 valence electrons. The predicted molar refractivity (Wildman–Crippen MR) is 108 cm³/mol. The van der Waals surface area contributed by atoms with E-state index in [1.54, 1.807) is 31.4 Å². The molecule has 1 heterocycles. The molecule has 1 aliphatic carbocycles. The molecule has 0 amide bonds. The number of rotatable bonds is 7. The zero-order valence-corrected chi connectivity index (χ0v) is 16.7. The van der Waals surface area contributed by atoms with Gasteiger partial charge >= 0.3 is 0 Å². The third-order valence-electron chi connectivity index (χ3n) is 4.97. The summed E-state index contributed by atoms with van der Waals surface area (Å²) in [4.78, 5) is 4.53. The first kappa shape index (κ1) is 19.6. The van der Waals surface area contributed by atoms with Crippen LogP contribution in [0.3, 0.4) is 0 Å². The lowest BCUT2D eigenvalue weighted by Crippen LogP contribution is -2.32. The Labute approximate surface area is 161 Å². The van der Waals surface area contributed by atoms with Crippen molar-refractivity contribution in [2.45, 2.75) is 49.6 Å². The third kappa shape index (κ3) is 4.59. The number of anilines is 2. The minimum atomic E-state index is -3.64. The molecule has 27 heavy (non-hydrogen) atoms. The van der Waals surface area contributed by atoms with Crippen LogP contribution in [0.15, 0.2) is 53.6 Å². The molecule has 1 fully saturated rings. The lowest BCUT2D eigenvalue weighted by Gasteiger charge is -2.29. The van der Waals surface area contributed by atoms with E-state index in [-0.39, 0.29) is 11.0 Å². The van der Waals surface area contributed by atoms with Gasteiger partial charge in [0.15, 0.2) is 0 Å². The summed E-state index contributed by atoms with van der Waals surface area (Å²) in [6.45, 7) is 2.18. The number of hydrogen-bond acceptors (Lipinski definition) is 5. The van der Waals surface area contributed by atoms with E-state index in [2.05, 4.69) is 10.3 Å². The molecule has 0 aliphatic heterocycles. The fourth-order valence-electron chi connectivity index (χ4n) is 3.53. The first-order chi connectivity index (χ1) is 13.0. The quantitative estimate of drug-likeness (QED) is 0.782. The largest absolute Gasteiger partial charge is 0.381 e. The molecule has 3 rings (SSSR count). The molecule has 2 atom stereocenters. The molecular weight excluding hydrogens is 362 g/mol. The maximum absolute atomic E-state index is 13.0. The average molecular weight is 390 g/mol. The molecule has 1 N–H and O–H groups in total. The molecule has 2 aromatic rings. The summed E-state index contributed by atoms with van der Waals surface area (Å²) < 4.78 is 32.8. The number of aromatic nitrogens is 1. The highest BCUT2D eigenvalue weighted by atomic mass is 32.2. The number of methoxy groups -OCH3 is 1. The van der Waals surface area contributed by atoms with Gasteiger partial charge in [0.2, 0.25) is 0 Å². The molecule has 7 heteroatoms. The van der Waals surface area contributed by atoms with Gasteiger partial charge in [-0.1, -0.05) is 18.2 Å². The maximum Gasteiger partial charge on any atom is 0.265 e. The Hall–Kier alpha value is -2.12. The van der Waals surface area contributed by atoms with Gasteiger partial charge in [0, 0.05) is 25.9 Å². The minimum absolute atomic E-state index is 0.192. The highest BCUT2D eigenvalue weighted by Crippen LogP contribution is 2.25. The van der Waals surface area contributed by atoms with Gasteiger partial charge in [-0.05, 0) is 56.9 Å². The molecule has 6 nitrogen and oxygen atoms in total. The van der Waals surface area contributed by atoms with Gasteiger partial charge in [0.25, 0.3) is 10.0 Å². The van der Waals surface area contributed by atoms with E-state index in [1.165, 1.54) is 10.5 Å². The first-order valence-corrected chi connectivity index (χ1v) is 10.8. The summed E-state index contributed by atoms with van der Waals surface area (Å²) in [7, 11) is -1.90. The monoisotopic (exact) mass is 389 g/mol. The van der Waals surface area contributed by atoms with Crippen LogP contribution in [-0.2, 0) is 14.8 Å². The average Bonchev–Trinajstić information content (AvgIpc) is 2.70. The smallest absolute Gasteiger partial charge is 0.265 e. The van der Waals surface area contributed by atoms with Crippen molar-refractivity contribution in [3.63, 3.8) is 0 Å². The highest BCUT2D eigenvalue weighted by Gasteiger charge is 2.25. The summed E-state index contributed by atoms with van der Waals surface area (Å²) in [5.41, 5.74) is 0.648. The van der Waals surface area contributed by atoms with Crippen LogP contribution in [0, 0.1) is 0 Å². The lowest BCUT2D eigenvalue weighted by atomic mass is 9.93. The standard InChI is InChI=1S/C20H27N3O3S/c1-3-23(17-9-5-4-6-10-17)27(24,25)19-12-13-20(21-15-19)22-16-8-7-11-18(14-16)26-2/h4-6,9-10,12-13,15-16,18H,3,7-8,11,14H2,1-2H3,(H,21,22). The third-order valence-corrected chi connectivity index (χ3v) is 6.85. The van der Waals surface area contributed by atoms with Gasteiger partial charge < -0.3 is 10.1 Å². The number of pyridine rings is 1. The Bertz CT molecular complexity index is 825. The molecule has 1 aromatic carbocycles. The van der Waals surface area contributed by atoms with Gasteiger partial charge in [-0.3, -0.25) is 4.31 Å². The van der Waals surface area contributed by atoms with E-state index in [4.69, 9.17) is 4.74 Å². The fourth-order valence-corrected chi connectivity index (χ4v) is 4.95. The van der Waals surface area contributed by atoms with Crippen LogP contribution in [-0.4, -0.2) is 39.2 Å². The van der Waals surface area contributed by atoms with E-state index in [9.17, 15) is 8.42 Å². The molecule has 0 saturated heterocycles. The molecule has 0 radical (unpaired) electrons. The molecule has 1 aromatic heterocycles. The summed E-state index contributed by atoms with van der Waals surface area (Å²) in [5, 5.41) is 3.40. The topological polar surface area (TPSA) is 71.5 Å². The van der Waals surface area contributed by atoms with Crippen molar-refractivity contribution in [2.24, 2.45) is 0 Å². The normalized spacial score (nSPS) is 20.2. The van der Waals surface area contributed by atoms with Crippen LogP contribution in [0.25, 0.3) is 0 Å². The zero-order chi connectivity index (χ0) is 19.3. The van der Waals surface area contributed by atoms with Crippen molar-refractivity contribution in [3.8, 4) is 0 Å². The fraction of sp³-hybridized carbons (Fsp3) is 0.450. The first-order valence-electron chi connectivity index (χ1n) is 9.37. The number of nitrogens with zero attached hydrogens (tertiary/aromatic N) is 2. The Morgan fingerprint density at radius 3 is 2.59 bits per heavy atom. The van der Waals surface area contributed by atoms with Crippen molar-refractivity contribution >= 4 is 21.5 Å². The van der Waals surface area contributed by atoms with E-state index in [0.717, 1.165) is 25.7 Å². The summed E-state index contributed by atoms with van der Waals surface area (Å²) in [6.07, 6.45) is 5.92. The van der Waals surface area contributed by atoms with Crippen LogP contribution in [0.5, 0.6) is 0 Å². The summed E-state index contributed by atoms with van der Waals surface area (Å²) >= 11 is 0. The van der Waals surface area contributed by atoms with Crippen LogP contribution in [0.2, 0.25) is 0 Å². The van der Waals surface area contributed by atoms with Crippen LogP contribution in [0.1, 0.15) is 32.6 Å². The van der Waals surface area contributed by atoms with Gasteiger partial charge in [-0.25, -0.2) is 13.4 Å². The van der Waals surface area contributed by atoms with Gasteiger partial charge in [-0.2, -0.15) is 0 Å². The van der Waals surface area contributed by atoms with Crippen molar-refractivity contribution in [3.05, 3.63) is 48.7 Å². The lowest BCUT2D eigenvalue weighted by molar-refractivity contribution is 0.0669. The SMILES string of the molecule is CCN(c1ccccc1)S(=O)(=O)c1ccc(NC2CCCC(OC)C2)nc1. The second-order valence-corrected chi connectivity index (χ2v) is 8.61. The van der Waals surface area contributed by atoms with E-state index >= 15 is 0 Å². The second kappa shape index (κ2) is 8.71. The molecule has 0 spiro atoms. The van der Waals surface area contributed by atoms with Gasteiger partial charge in [-0.15, -0.1) is 0 Å². The van der Waals surface area contributed by atoms with E-state index in [1.807, 2.05) is 25.1 Å². The van der Waals surface area contributed by atoms with Crippen LogP contribution >= 0.6 is 0 Å². The Balaban J connectivity index is 1.74. The van der Waals surface area contributed by atoms with Crippen molar-refractivity contribution in [1.82, 2.24) is 4.98 Å². The van der Waals surface area contributed by atoms with Crippen molar-refractivity contribution in [2.75, 3.05) is 23.3 Å². The van der Waals surface area contributed by atoms with E-state index in [0.29, 0.717) is 24.1 Å². The number of para-hydroxylation sites is 1. The molecule has 1 aliphatic rings. The number of sulfonamides is 1. The number of benzene rings is 1. The zero-order valence-electron chi connectivity index (χ0n) is 15.8. The predicted octanol–water partition coefficient (Wildman–Crippen LogP) is 3.67. The Morgan fingerprint density at radius 2 is 1.96 bits per heavy atom. The summed E-state index contributed by atoms with van der Waals surface area (Å²) in [6, 6.07) is 12.8. The van der Waals surface area contributed by atoms with Crippen molar-refractivity contribution < 1.29 is 13.2 Å². The Kier molecular flexibility index (Phi) is 6.34.